The van der Waals surface area contributed by atoms with Gasteiger partial charge in [-0.15, -0.1) is 0 Å². The van der Waals surface area contributed by atoms with Crippen LogP contribution < -0.4 is 15.5 Å². The summed E-state index contributed by atoms with van der Waals surface area (Å²) >= 11 is 9.23. The smallest absolute Gasteiger partial charge is 0.259 e. The van der Waals surface area contributed by atoms with Gasteiger partial charge in [-0.2, -0.15) is 5.10 Å². The number of carbonyl (C=O) groups is 2. The molecule has 2 amide bonds. The van der Waals surface area contributed by atoms with Gasteiger partial charge >= 0.3 is 0 Å². The number of nitrogens with zero attached hydrogens (tertiary/aromatic N) is 1. The van der Waals surface area contributed by atoms with Gasteiger partial charge in [0.05, 0.1) is 19.4 Å². The van der Waals surface area contributed by atoms with Crippen LogP contribution >= 0.6 is 27.5 Å². The Morgan fingerprint density at radius 2 is 2.08 bits per heavy atom. The SMILES string of the molecule is CCOc1ccc(Br)c(/C=N/NC(=O)CNC(=O)c2cccc(Cl)c2)c1. The number of halogens is 2. The maximum absolute atomic E-state index is 11.9. The van der Waals surface area contributed by atoms with Gasteiger partial charge in [0.25, 0.3) is 11.8 Å². The van der Waals surface area contributed by atoms with Gasteiger partial charge in [0.2, 0.25) is 0 Å². The Bertz CT molecular complexity index is 827. The van der Waals surface area contributed by atoms with Crippen molar-refractivity contribution in [1.82, 2.24) is 10.7 Å². The molecule has 0 saturated heterocycles. The van der Waals surface area contributed by atoms with Crippen molar-refractivity contribution in [2.75, 3.05) is 13.2 Å². The maximum atomic E-state index is 11.9. The molecule has 2 rings (SSSR count). The van der Waals surface area contributed by atoms with Crippen molar-refractivity contribution in [3.05, 3.63) is 63.1 Å². The molecule has 0 aliphatic rings. The number of carbonyl (C=O) groups excluding carboxylic acids is 2. The van der Waals surface area contributed by atoms with Crippen molar-refractivity contribution in [3.8, 4) is 5.75 Å². The predicted octanol–water partition coefficient (Wildman–Crippen LogP) is 3.38. The van der Waals surface area contributed by atoms with Crippen molar-refractivity contribution < 1.29 is 14.3 Å². The van der Waals surface area contributed by atoms with Gasteiger partial charge in [-0.05, 0) is 43.3 Å². The highest BCUT2D eigenvalue weighted by Gasteiger charge is 2.08. The Balaban J connectivity index is 1.86. The van der Waals surface area contributed by atoms with Gasteiger partial charge in [0, 0.05) is 20.6 Å². The second-order valence-electron chi connectivity index (χ2n) is 5.10. The second kappa shape index (κ2) is 9.94. The van der Waals surface area contributed by atoms with Gasteiger partial charge in [0.15, 0.2) is 0 Å². The highest BCUT2D eigenvalue weighted by molar-refractivity contribution is 9.10. The van der Waals surface area contributed by atoms with Crippen molar-refractivity contribution in [3.63, 3.8) is 0 Å². The number of rotatable bonds is 7. The monoisotopic (exact) mass is 437 g/mol. The first-order valence-corrected chi connectivity index (χ1v) is 8.94. The fourth-order valence-electron chi connectivity index (χ4n) is 1.98. The zero-order valence-electron chi connectivity index (χ0n) is 14.0. The molecule has 2 aromatic carbocycles. The molecular weight excluding hydrogens is 422 g/mol. The lowest BCUT2D eigenvalue weighted by atomic mass is 10.2. The minimum absolute atomic E-state index is 0.206. The standard InChI is InChI=1S/C18H17BrClN3O3/c1-2-26-15-6-7-16(19)13(9-15)10-22-23-17(24)11-21-18(25)12-4-3-5-14(20)8-12/h3-10H,2,11H2,1H3,(H,21,25)(H,23,24)/b22-10+. The van der Waals surface area contributed by atoms with Crippen molar-refractivity contribution in [1.29, 1.82) is 0 Å². The molecule has 0 radical (unpaired) electrons. The molecule has 2 N–H and O–H groups in total. The number of nitrogens with one attached hydrogen (secondary N) is 2. The normalized spacial score (nSPS) is 10.6. The lowest BCUT2D eigenvalue weighted by Crippen LogP contribution is -2.34. The van der Waals surface area contributed by atoms with Crippen LogP contribution in [-0.4, -0.2) is 31.2 Å². The summed E-state index contributed by atoms with van der Waals surface area (Å²) in [7, 11) is 0. The van der Waals surface area contributed by atoms with E-state index >= 15 is 0 Å². The molecule has 0 spiro atoms. The zero-order chi connectivity index (χ0) is 18.9. The first-order chi connectivity index (χ1) is 12.5. The molecule has 0 unspecified atom stereocenters. The van der Waals surface area contributed by atoms with Crippen molar-refractivity contribution in [2.45, 2.75) is 6.92 Å². The van der Waals surface area contributed by atoms with Gasteiger partial charge in [-0.3, -0.25) is 9.59 Å². The quantitative estimate of drug-likeness (QED) is 0.514. The first kappa shape index (κ1) is 19.9. The molecule has 0 aliphatic carbocycles. The summed E-state index contributed by atoms with van der Waals surface area (Å²) in [6, 6.07) is 11.9. The third kappa shape index (κ3) is 6.16. The minimum atomic E-state index is -0.450. The van der Waals surface area contributed by atoms with Crippen LogP contribution in [-0.2, 0) is 4.79 Å². The number of hydrogen-bond acceptors (Lipinski definition) is 4. The topological polar surface area (TPSA) is 79.8 Å². The Kier molecular flexibility index (Phi) is 7.62. The van der Waals surface area contributed by atoms with E-state index in [1.165, 1.54) is 12.3 Å². The van der Waals surface area contributed by atoms with Gasteiger partial charge < -0.3 is 10.1 Å². The van der Waals surface area contributed by atoms with Gasteiger partial charge in [-0.25, -0.2) is 5.43 Å². The van der Waals surface area contributed by atoms with Gasteiger partial charge in [-0.1, -0.05) is 33.6 Å². The van der Waals surface area contributed by atoms with E-state index in [0.717, 1.165) is 10.0 Å². The molecule has 6 nitrogen and oxygen atoms in total. The summed E-state index contributed by atoms with van der Waals surface area (Å²) in [4.78, 5) is 23.7. The summed E-state index contributed by atoms with van der Waals surface area (Å²) in [5.74, 6) is -0.134. The molecule has 0 fully saturated rings. The summed E-state index contributed by atoms with van der Waals surface area (Å²) < 4.78 is 6.23. The largest absolute Gasteiger partial charge is 0.494 e. The highest BCUT2D eigenvalue weighted by atomic mass is 79.9. The third-order valence-corrected chi connectivity index (χ3v) is 4.12. The van der Waals surface area contributed by atoms with E-state index in [-0.39, 0.29) is 6.54 Å². The van der Waals surface area contributed by atoms with Crippen LogP contribution in [0.5, 0.6) is 5.75 Å². The maximum Gasteiger partial charge on any atom is 0.259 e. The van der Waals surface area contributed by atoms with Crippen LogP contribution in [0.25, 0.3) is 0 Å². The number of hydrogen-bond donors (Lipinski definition) is 2. The number of benzene rings is 2. The molecule has 0 saturated carbocycles. The van der Waals surface area contributed by atoms with E-state index in [9.17, 15) is 9.59 Å². The lowest BCUT2D eigenvalue weighted by molar-refractivity contribution is -0.120. The van der Waals surface area contributed by atoms with E-state index < -0.39 is 11.8 Å². The Hall–Kier alpha value is -2.38. The van der Waals surface area contributed by atoms with E-state index in [1.807, 2.05) is 19.1 Å². The van der Waals surface area contributed by atoms with Crippen LogP contribution in [0.4, 0.5) is 0 Å². The number of hydrazone groups is 1. The van der Waals surface area contributed by atoms with E-state index in [4.69, 9.17) is 16.3 Å². The summed E-state index contributed by atoms with van der Waals surface area (Å²) in [5.41, 5.74) is 3.49. The summed E-state index contributed by atoms with van der Waals surface area (Å²) in [6.45, 7) is 2.25. The Morgan fingerprint density at radius 1 is 1.27 bits per heavy atom. The second-order valence-corrected chi connectivity index (χ2v) is 6.39. The highest BCUT2D eigenvalue weighted by Crippen LogP contribution is 2.21. The first-order valence-electron chi connectivity index (χ1n) is 7.77. The molecule has 0 bridgehead atoms. The molecule has 0 heterocycles. The van der Waals surface area contributed by atoms with Crippen LogP contribution in [0.1, 0.15) is 22.8 Å². The number of amides is 2. The molecular formula is C18H17BrClN3O3. The fourth-order valence-corrected chi connectivity index (χ4v) is 2.52. The lowest BCUT2D eigenvalue weighted by Gasteiger charge is -2.06. The van der Waals surface area contributed by atoms with E-state index in [1.54, 1.807) is 24.3 Å². The van der Waals surface area contributed by atoms with Gasteiger partial charge in [0.1, 0.15) is 5.75 Å². The van der Waals surface area contributed by atoms with Crippen molar-refractivity contribution in [2.24, 2.45) is 5.10 Å². The molecule has 0 aliphatic heterocycles. The molecule has 26 heavy (non-hydrogen) atoms. The fraction of sp³-hybridized carbons (Fsp3) is 0.167. The molecule has 0 atom stereocenters. The molecule has 0 aromatic heterocycles. The summed E-state index contributed by atoms with van der Waals surface area (Å²) in [5, 5.41) is 6.84. The predicted molar refractivity (Wildman–Crippen MR) is 105 cm³/mol. The average Bonchev–Trinajstić information content (AvgIpc) is 2.62. The zero-order valence-corrected chi connectivity index (χ0v) is 16.3. The van der Waals surface area contributed by atoms with Crippen LogP contribution in [0.15, 0.2) is 52.0 Å². The minimum Gasteiger partial charge on any atom is -0.494 e. The third-order valence-electron chi connectivity index (χ3n) is 3.17. The van der Waals surface area contributed by atoms with Crippen LogP contribution in [0.3, 0.4) is 0 Å². The summed E-state index contributed by atoms with van der Waals surface area (Å²) in [6.07, 6.45) is 1.49. The molecule has 136 valence electrons. The Labute approximate surface area is 164 Å². The van der Waals surface area contributed by atoms with E-state index in [0.29, 0.717) is 22.9 Å². The van der Waals surface area contributed by atoms with E-state index in [2.05, 4.69) is 31.8 Å². The Morgan fingerprint density at radius 3 is 2.81 bits per heavy atom. The average molecular weight is 439 g/mol. The van der Waals surface area contributed by atoms with Crippen LogP contribution in [0, 0.1) is 0 Å². The molecule has 8 heteroatoms. The van der Waals surface area contributed by atoms with Crippen molar-refractivity contribution >= 4 is 45.6 Å². The van der Waals surface area contributed by atoms with Crippen LogP contribution in [0.2, 0.25) is 5.02 Å². The number of ether oxygens (including phenoxy) is 1. The molecule has 2 aromatic rings.